The van der Waals surface area contributed by atoms with Crippen LogP contribution < -0.4 is 5.32 Å². The number of hydrogen-bond acceptors (Lipinski definition) is 6. The van der Waals surface area contributed by atoms with E-state index in [1.807, 2.05) is 23.2 Å². The molecule has 0 aromatic carbocycles. The Balaban J connectivity index is 1.39. The first kappa shape index (κ1) is 24.7. The van der Waals surface area contributed by atoms with E-state index in [4.69, 9.17) is 4.98 Å². The van der Waals surface area contributed by atoms with Crippen molar-refractivity contribution in [1.29, 1.82) is 0 Å². The van der Waals surface area contributed by atoms with E-state index in [1.165, 1.54) is 5.56 Å². The maximum Gasteiger partial charge on any atom is 0.272 e. The average Bonchev–Trinajstić information content (AvgIpc) is 3.28. The van der Waals surface area contributed by atoms with E-state index >= 15 is 0 Å². The summed E-state index contributed by atoms with van der Waals surface area (Å²) in [6.07, 6.45) is 13.3. The Labute approximate surface area is 213 Å². The molecule has 1 saturated carbocycles. The van der Waals surface area contributed by atoms with Gasteiger partial charge in [0.05, 0.1) is 6.10 Å². The van der Waals surface area contributed by atoms with Crippen LogP contribution in [0.5, 0.6) is 0 Å². The minimum absolute atomic E-state index is 0.0116. The van der Waals surface area contributed by atoms with E-state index in [0.29, 0.717) is 29.6 Å². The van der Waals surface area contributed by atoms with Gasteiger partial charge in [0.1, 0.15) is 11.3 Å². The highest BCUT2D eigenvalue weighted by atomic mass is 16.3. The second-order valence-electron chi connectivity index (χ2n) is 10.5. The van der Waals surface area contributed by atoms with Crippen molar-refractivity contribution in [3.8, 4) is 0 Å². The predicted octanol–water partition coefficient (Wildman–Crippen LogP) is 4.92. The number of fused-ring (bicyclic) bond motifs is 1. The molecule has 0 bridgehead atoms. The highest BCUT2D eigenvalue weighted by Crippen LogP contribution is 2.38. The van der Waals surface area contributed by atoms with Crippen molar-refractivity contribution in [2.45, 2.75) is 89.3 Å². The van der Waals surface area contributed by atoms with Crippen molar-refractivity contribution in [2.75, 3.05) is 18.4 Å². The number of rotatable bonds is 7. The van der Waals surface area contributed by atoms with Gasteiger partial charge in [-0.15, -0.1) is 0 Å². The lowest BCUT2D eigenvalue weighted by molar-refractivity contribution is 0.0707. The lowest BCUT2D eigenvalue weighted by Crippen LogP contribution is -2.38. The molecule has 8 nitrogen and oxygen atoms in total. The molecule has 3 aromatic heterocycles. The molecule has 1 saturated heterocycles. The van der Waals surface area contributed by atoms with E-state index in [-0.39, 0.29) is 12.0 Å². The molecule has 192 valence electrons. The summed E-state index contributed by atoms with van der Waals surface area (Å²) in [6, 6.07) is 6.14. The van der Waals surface area contributed by atoms with Crippen molar-refractivity contribution in [3.05, 3.63) is 48.0 Å². The summed E-state index contributed by atoms with van der Waals surface area (Å²) in [5.74, 6) is 1.05. The lowest BCUT2D eigenvalue weighted by atomic mass is 9.89. The van der Waals surface area contributed by atoms with Crippen molar-refractivity contribution in [3.63, 3.8) is 0 Å². The van der Waals surface area contributed by atoms with Crippen LogP contribution in [-0.2, 0) is 0 Å². The van der Waals surface area contributed by atoms with Crippen LogP contribution in [0.25, 0.3) is 11.0 Å². The van der Waals surface area contributed by atoms with Crippen LogP contribution in [0.1, 0.15) is 93.2 Å². The Bertz CT molecular complexity index is 1160. The number of pyridine rings is 1. The maximum atomic E-state index is 12.9. The standard InChI is InChI=1S/C28H38N6O2/c1-3-6-19(2)31-28-30-17-23-24(18-34(26(23)32-28)21-8-10-22(35)11-9-21)20-12-15-33(16-13-20)27(36)25-7-4-5-14-29-25/h4-5,7,14,17-22,35H,3,6,8-13,15-16H2,1-2H3,(H,30,31,32)/t19-,21-,22-/m0/s1. The van der Waals surface area contributed by atoms with Crippen LogP contribution in [-0.4, -0.2) is 60.7 Å². The normalized spacial score (nSPS) is 22.0. The molecule has 36 heavy (non-hydrogen) atoms. The van der Waals surface area contributed by atoms with E-state index < -0.39 is 0 Å². The number of aliphatic hydroxyl groups excluding tert-OH is 1. The average molecular weight is 491 g/mol. The third-order valence-corrected chi connectivity index (χ3v) is 7.87. The molecule has 5 rings (SSSR count). The molecule has 1 amide bonds. The van der Waals surface area contributed by atoms with Gasteiger partial charge in [-0.25, -0.2) is 4.98 Å². The van der Waals surface area contributed by atoms with Gasteiger partial charge in [-0.1, -0.05) is 19.4 Å². The van der Waals surface area contributed by atoms with Crippen LogP contribution in [0, 0.1) is 0 Å². The molecule has 2 fully saturated rings. The number of carbonyl (C=O) groups is 1. The van der Waals surface area contributed by atoms with Gasteiger partial charge in [0.15, 0.2) is 0 Å². The summed E-state index contributed by atoms with van der Waals surface area (Å²) in [5.41, 5.74) is 2.78. The number of nitrogens with one attached hydrogen (secondary N) is 1. The molecule has 0 unspecified atom stereocenters. The molecule has 1 aliphatic heterocycles. The summed E-state index contributed by atoms with van der Waals surface area (Å²) in [5, 5.41) is 14.6. The van der Waals surface area contributed by atoms with E-state index in [9.17, 15) is 9.90 Å². The number of piperidine rings is 1. The Hall–Kier alpha value is -3.00. The SMILES string of the molecule is CCC[C@H](C)Nc1ncc2c(C3CCN(C(=O)c4ccccn4)CC3)cn([C@H]3CC[C@H](O)CC3)c2n1. The van der Waals surface area contributed by atoms with E-state index in [2.05, 4.69) is 39.9 Å². The third kappa shape index (κ3) is 5.24. The van der Waals surface area contributed by atoms with Crippen LogP contribution >= 0.6 is 0 Å². The lowest BCUT2D eigenvalue weighted by Gasteiger charge is -2.32. The molecule has 0 radical (unpaired) electrons. The van der Waals surface area contributed by atoms with E-state index in [0.717, 1.165) is 75.5 Å². The van der Waals surface area contributed by atoms with Gasteiger partial charge in [0, 0.05) is 49.1 Å². The fourth-order valence-electron chi connectivity index (χ4n) is 5.83. The Morgan fingerprint density at radius 3 is 2.61 bits per heavy atom. The second-order valence-corrected chi connectivity index (χ2v) is 10.5. The van der Waals surface area contributed by atoms with Gasteiger partial charge in [-0.3, -0.25) is 9.78 Å². The largest absolute Gasteiger partial charge is 0.393 e. The number of carbonyl (C=O) groups excluding carboxylic acids is 1. The number of likely N-dealkylation sites (tertiary alicyclic amines) is 1. The van der Waals surface area contributed by atoms with Crippen LogP contribution in [0.15, 0.2) is 36.8 Å². The summed E-state index contributed by atoms with van der Waals surface area (Å²) in [4.78, 5) is 28.7. The second kappa shape index (κ2) is 10.9. The zero-order valence-corrected chi connectivity index (χ0v) is 21.4. The summed E-state index contributed by atoms with van der Waals surface area (Å²) in [6.45, 7) is 5.80. The maximum absolute atomic E-state index is 12.9. The Morgan fingerprint density at radius 2 is 1.92 bits per heavy atom. The van der Waals surface area contributed by atoms with Crippen LogP contribution in [0.2, 0.25) is 0 Å². The van der Waals surface area contributed by atoms with Gasteiger partial charge in [-0.05, 0) is 75.5 Å². The predicted molar refractivity (Wildman–Crippen MR) is 141 cm³/mol. The van der Waals surface area contributed by atoms with Crippen molar-refractivity contribution < 1.29 is 9.90 Å². The molecule has 1 aliphatic carbocycles. The van der Waals surface area contributed by atoms with Crippen LogP contribution in [0.4, 0.5) is 5.95 Å². The fourth-order valence-corrected chi connectivity index (χ4v) is 5.83. The minimum Gasteiger partial charge on any atom is -0.393 e. The smallest absolute Gasteiger partial charge is 0.272 e. The molecule has 8 heteroatoms. The summed E-state index contributed by atoms with van der Waals surface area (Å²) >= 11 is 0. The quantitative estimate of drug-likeness (QED) is 0.488. The van der Waals surface area contributed by atoms with E-state index in [1.54, 1.807) is 12.3 Å². The molecule has 0 spiro atoms. The molecule has 1 atom stereocenters. The number of nitrogens with zero attached hydrogens (tertiary/aromatic N) is 5. The highest BCUT2D eigenvalue weighted by Gasteiger charge is 2.30. The minimum atomic E-state index is -0.190. The number of hydrogen-bond donors (Lipinski definition) is 2. The number of aromatic nitrogens is 4. The topological polar surface area (TPSA) is 96.2 Å². The zero-order chi connectivity index (χ0) is 25.1. The molecular weight excluding hydrogens is 452 g/mol. The Kier molecular flexibility index (Phi) is 7.51. The first-order valence-electron chi connectivity index (χ1n) is 13.6. The van der Waals surface area contributed by atoms with Gasteiger partial charge in [-0.2, -0.15) is 4.98 Å². The van der Waals surface area contributed by atoms with Crippen molar-refractivity contribution in [1.82, 2.24) is 24.4 Å². The molecule has 2 aliphatic rings. The van der Waals surface area contributed by atoms with Gasteiger partial charge in [0.2, 0.25) is 5.95 Å². The first-order valence-corrected chi connectivity index (χ1v) is 13.6. The van der Waals surface area contributed by atoms with Crippen molar-refractivity contribution >= 4 is 22.9 Å². The monoisotopic (exact) mass is 490 g/mol. The van der Waals surface area contributed by atoms with Gasteiger partial charge < -0.3 is 19.9 Å². The highest BCUT2D eigenvalue weighted by molar-refractivity contribution is 5.92. The summed E-state index contributed by atoms with van der Waals surface area (Å²) in [7, 11) is 0. The summed E-state index contributed by atoms with van der Waals surface area (Å²) < 4.78 is 2.35. The third-order valence-electron chi connectivity index (χ3n) is 7.87. The molecular formula is C28H38N6O2. The Morgan fingerprint density at radius 1 is 1.14 bits per heavy atom. The number of amides is 1. The number of aliphatic hydroxyl groups is 1. The molecule has 2 N–H and O–H groups in total. The van der Waals surface area contributed by atoms with Crippen LogP contribution in [0.3, 0.4) is 0 Å². The first-order chi connectivity index (χ1) is 17.5. The zero-order valence-electron chi connectivity index (χ0n) is 21.4. The van der Waals surface area contributed by atoms with Gasteiger partial charge >= 0.3 is 0 Å². The molecule has 3 aromatic rings. The fraction of sp³-hybridized carbons (Fsp3) is 0.571. The molecule has 4 heterocycles. The number of anilines is 1. The van der Waals surface area contributed by atoms with Crippen molar-refractivity contribution in [2.24, 2.45) is 0 Å². The van der Waals surface area contributed by atoms with Gasteiger partial charge in [0.25, 0.3) is 5.91 Å².